The van der Waals surface area contributed by atoms with Crippen molar-refractivity contribution in [2.75, 3.05) is 6.54 Å². The fourth-order valence-electron chi connectivity index (χ4n) is 2.93. The lowest BCUT2D eigenvalue weighted by atomic mass is 9.96. The van der Waals surface area contributed by atoms with Crippen LogP contribution >= 0.6 is 0 Å². The van der Waals surface area contributed by atoms with E-state index in [-0.39, 0.29) is 11.4 Å². The highest BCUT2D eigenvalue weighted by Crippen LogP contribution is 2.44. The molecule has 132 valence electrons. The summed E-state index contributed by atoms with van der Waals surface area (Å²) in [5.74, 6) is -3.74. The van der Waals surface area contributed by atoms with Crippen molar-refractivity contribution in [3.8, 4) is 0 Å². The molecule has 1 aromatic carbocycles. The van der Waals surface area contributed by atoms with Crippen LogP contribution in [-0.4, -0.2) is 17.4 Å². The normalized spacial score (nSPS) is 21.6. The van der Waals surface area contributed by atoms with Crippen LogP contribution in [0.25, 0.3) is 0 Å². The fraction of sp³-hybridized carbons (Fsp3) is 0.444. The first-order chi connectivity index (χ1) is 10.9. The third-order valence-electron chi connectivity index (χ3n) is 4.28. The Morgan fingerprint density at radius 3 is 2.29 bits per heavy atom. The lowest BCUT2D eigenvalue weighted by molar-refractivity contribution is 0.0143. The van der Waals surface area contributed by atoms with Crippen LogP contribution in [0.15, 0.2) is 48.1 Å². The molecular weight excluding hydrogens is 320 g/mol. The molecule has 1 aromatic rings. The van der Waals surface area contributed by atoms with Gasteiger partial charge in [0, 0.05) is 12.1 Å². The van der Waals surface area contributed by atoms with Crippen LogP contribution in [0.2, 0.25) is 0 Å². The number of likely N-dealkylation sites (tertiary alicyclic amines) is 1. The number of alkyl halides is 3. The van der Waals surface area contributed by atoms with E-state index >= 15 is 0 Å². The Bertz CT molecular complexity index is 657. The average molecular weight is 342 g/mol. The van der Waals surface area contributed by atoms with E-state index in [1.807, 2.05) is 0 Å². The van der Waals surface area contributed by atoms with E-state index in [0.29, 0.717) is 11.1 Å². The summed E-state index contributed by atoms with van der Waals surface area (Å²) < 4.78 is 55.8. The molecule has 0 saturated carbocycles. The molecule has 2 nitrogen and oxygen atoms in total. The van der Waals surface area contributed by atoms with Gasteiger partial charge >= 0.3 is 0 Å². The van der Waals surface area contributed by atoms with E-state index in [9.17, 15) is 17.6 Å². The lowest BCUT2D eigenvalue weighted by Gasteiger charge is -2.28. The van der Waals surface area contributed by atoms with Gasteiger partial charge in [0.1, 0.15) is 5.67 Å². The summed E-state index contributed by atoms with van der Waals surface area (Å²) in [5, 5.41) is 0. The van der Waals surface area contributed by atoms with Gasteiger partial charge in [0.25, 0.3) is 5.92 Å². The molecule has 0 aliphatic carbocycles. The Labute approximate surface area is 139 Å². The topological polar surface area (TPSA) is 29.3 Å². The van der Waals surface area contributed by atoms with Crippen LogP contribution in [0.3, 0.4) is 0 Å². The highest BCUT2D eigenvalue weighted by molar-refractivity contribution is 5.32. The minimum Gasteiger partial charge on any atom is -0.397 e. The van der Waals surface area contributed by atoms with Crippen molar-refractivity contribution in [2.24, 2.45) is 5.73 Å². The van der Waals surface area contributed by atoms with Crippen LogP contribution in [0, 0.1) is 0 Å². The molecule has 1 atom stereocenters. The molecule has 2 N–H and O–H groups in total. The molecule has 1 aliphatic heterocycles. The zero-order valence-corrected chi connectivity index (χ0v) is 14.0. The molecule has 1 saturated heterocycles. The number of hydrogen-bond donors (Lipinski definition) is 1. The molecule has 0 aromatic heterocycles. The zero-order chi connectivity index (χ0) is 18.3. The second-order valence-corrected chi connectivity index (χ2v) is 6.72. The second kappa shape index (κ2) is 6.15. The Morgan fingerprint density at radius 1 is 1.29 bits per heavy atom. The molecule has 0 bridgehead atoms. The van der Waals surface area contributed by atoms with Crippen LogP contribution in [0.1, 0.15) is 44.4 Å². The van der Waals surface area contributed by atoms with Gasteiger partial charge in [0.15, 0.2) is 5.83 Å². The number of rotatable bonds is 4. The molecule has 24 heavy (non-hydrogen) atoms. The van der Waals surface area contributed by atoms with E-state index in [2.05, 4.69) is 6.58 Å². The van der Waals surface area contributed by atoms with Gasteiger partial charge in [-0.2, -0.15) is 0 Å². The summed E-state index contributed by atoms with van der Waals surface area (Å²) in [7, 11) is 0. The molecule has 1 aliphatic rings. The smallest absolute Gasteiger partial charge is 0.267 e. The van der Waals surface area contributed by atoms with Gasteiger partial charge in [-0.15, -0.1) is 0 Å². The van der Waals surface area contributed by atoms with Gasteiger partial charge in [-0.05, 0) is 31.9 Å². The molecule has 0 amide bonds. The van der Waals surface area contributed by atoms with Gasteiger partial charge in [0.2, 0.25) is 0 Å². The standard InChI is InChI=1S/C18H22F4N2/c1-11(23)16(19)12(2)24-10-18(21,22)9-15(24)13-5-7-14(8-6-13)17(3,4)20/h5-8,15H,1,9-10,23H2,2-4H3/b16-12-. The molecular formula is C18H22F4N2. The van der Waals surface area contributed by atoms with Crippen molar-refractivity contribution >= 4 is 0 Å². The van der Waals surface area contributed by atoms with E-state index in [0.717, 1.165) is 0 Å². The maximum absolute atomic E-state index is 14.1. The minimum absolute atomic E-state index is 0.0274. The second-order valence-electron chi connectivity index (χ2n) is 6.72. The summed E-state index contributed by atoms with van der Waals surface area (Å²) in [6.07, 6.45) is -0.437. The van der Waals surface area contributed by atoms with E-state index in [4.69, 9.17) is 5.73 Å². The third kappa shape index (κ3) is 3.74. The van der Waals surface area contributed by atoms with Crippen LogP contribution in [-0.2, 0) is 5.67 Å². The molecule has 6 heteroatoms. The maximum atomic E-state index is 14.1. The molecule has 0 spiro atoms. The monoisotopic (exact) mass is 342 g/mol. The van der Waals surface area contributed by atoms with Gasteiger partial charge in [0.05, 0.1) is 18.3 Å². The molecule has 1 fully saturated rings. The number of hydrogen-bond acceptors (Lipinski definition) is 2. The van der Waals surface area contributed by atoms with Gasteiger partial charge in [-0.1, -0.05) is 30.8 Å². The first kappa shape index (κ1) is 18.4. The number of nitrogens with zero attached hydrogens (tertiary/aromatic N) is 1. The average Bonchev–Trinajstić information content (AvgIpc) is 2.80. The van der Waals surface area contributed by atoms with E-state index in [1.165, 1.54) is 25.7 Å². The Kier molecular flexibility index (Phi) is 4.70. The van der Waals surface area contributed by atoms with Gasteiger partial charge < -0.3 is 10.6 Å². The SMILES string of the molecule is C=C(N)/C(F)=C(\C)N1CC(F)(F)CC1c1ccc(C(C)(C)F)cc1. The van der Waals surface area contributed by atoms with Gasteiger partial charge in [-0.25, -0.2) is 17.6 Å². The fourth-order valence-corrected chi connectivity index (χ4v) is 2.93. The summed E-state index contributed by atoms with van der Waals surface area (Å²) in [6, 6.07) is 5.65. The maximum Gasteiger partial charge on any atom is 0.267 e. The minimum atomic E-state index is -2.94. The third-order valence-corrected chi connectivity index (χ3v) is 4.28. The van der Waals surface area contributed by atoms with E-state index in [1.54, 1.807) is 24.3 Å². The number of halogens is 4. The van der Waals surface area contributed by atoms with Crippen molar-refractivity contribution in [3.05, 3.63) is 59.2 Å². The number of allylic oxidation sites excluding steroid dienone is 2. The number of nitrogens with two attached hydrogens (primary N) is 1. The van der Waals surface area contributed by atoms with Crippen LogP contribution < -0.4 is 5.73 Å². The molecule has 1 heterocycles. The van der Waals surface area contributed by atoms with Crippen molar-refractivity contribution < 1.29 is 17.6 Å². The Morgan fingerprint density at radius 2 is 1.83 bits per heavy atom. The Balaban J connectivity index is 2.39. The van der Waals surface area contributed by atoms with Gasteiger partial charge in [-0.3, -0.25) is 0 Å². The number of benzene rings is 1. The van der Waals surface area contributed by atoms with Crippen LogP contribution in [0.5, 0.6) is 0 Å². The molecule has 2 rings (SSSR count). The molecule has 1 unspecified atom stereocenters. The predicted molar refractivity (Wildman–Crippen MR) is 86.7 cm³/mol. The van der Waals surface area contributed by atoms with Crippen molar-refractivity contribution in [1.29, 1.82) is 0 Å². The molecule has 0 radical (unpaired) electrons. The highest BCUT2D eigenvalue weighted by atomic mass is 19.3. The van der Waals surface area contributed by atoms with E-state index < -0.39 is 36.4 Å². The van der Waals surface area contributed by atoms with Crippen molar-refractivity contribution in [1.82, 2.24) is 4.90 Å². The lowest BCUT2D eigenvalue weighted by Crippen LogP contribution is -2.26. The highest BCUT2D eigenvalue weighted by Gasteiger charge is 2.46. The first-order valence-electron chi connectivity index (χ1n) is 7.67. The largest absolute Gasteiger partial charge is 0.397 e. The summed E-state index contributed by atoms with van der Waals surface area (Å²) in [4.78, 5) is 1.29. The first-order valence-corrected chi connectivity index (χ1v) is 7.67. The van der Waals surface area contributed by atoms with Crippen molar-refractivity contribution in [2.45, 2.75) is 44.8 Å². The van der Waals surface area contributed by atoms with Crippen LogP contribution in [0.4, 0.5) is 17.6 Å². The quantitative estimate of drug-likeness (QED) is 0.620. The summed E-state index contributed by atoms with van der Waals surface area (Å²) >= 11 is 0. The summed E-state index contributed by atoms with van der Waals surface area (Å²) in [5.41, 5.74) is 4.59. The summed E-state index contributed by atoms with van der Waals surface area (Å²) in [6.45, 7) is 6.96. The zero-order valence-electron chi connectivity index (χ0n) is 14.0. The van der Waals surface area contributed by atoms with Crippen molar-refractivity contribution in [3.63, 3.8) is 0 Å². The predicted octanol–water partition coefficient (Wildman–Crippen LogP) is 4.95. The Hall–Kier alpha value is -1.98.